The molecule has 0 aliphatic carbocycles. The van der Waals surface area contributed by atoms with E-state index in [4.69, 9.17) is 22.4 Å². The Bertz CT molecular complexity index is 701. The minimum Gasteiger partial charge on any atom is -0.481 e. The SMILES string of the molecule is Nc1ccc(Cl)cc1-c1ccccc1NC(=O)CC(=O)O. The van der Waals surface area contributed by atoms with Gasteiger partial charge in [-0.05, 0) is 24.3 Å². The molecule has 0 bridgehead atoms. The van der Waals surface area contributed by atoms with Gasteiger partial charge in [-0.25, -0.2) is 0 Å². The van der Waals surface area contributed by atoms with Crippen LogP contribution < -0.4 is 11.1 Å². The van der Waals surface area contributed by atoms with Crippen LogP contribution in [-0.4, -0.2) is 17.0 Å². The summed E-state index contributed by atoms with van der Waals surface area (Å²) in [5, 5.41) is 11.7. The zero-order chi connectivity index (χ0) is 15.4. The fourth-order valence-electron chi connectivity index (χ4n) is 1.92. The van der Waals surface area contributed by atoms with Crippen molar-refractivity contribution in [2.24, 2.45) is 0 Å². The normalized spacial score (nSPS) is 10.1. The quantitative estimate of drug-likeness (QED) is 0.598. The summed E-state index contributed by atoms with van der Waals surface area (Å²) in [5.74, 6) is -1.79. The molecule has 2 aromatic rings. The Morgan fingerprint density at radius 1 is 1.14 bits per heavy atom. The lowest BCUT2D eigenvalue weighted by atomic mass is 10.0. The molecule has 0 aliphatic rings. The van der Waals surface area contributed by atoms with Crippen LogP contribution in [-0.2, 0) is 9.59 Å². The van der Waals surface area contributed by atoms with E-state index in [1.807, 2.05) is 0 Å². The Labute approximate surface area is 126 Å². The van der Waals surface area contributed by atoms with Gasteiger partial charge in [-0.2, -0.15) is 0 Å². The number of carboxylic acids is 1. The number of nitrogens with one attached hydrogen (secondary N) is 1. The lowest BCUT2D eigenvalue weighted by Crippen LogP contribution is -2.16. The van der Waals surface area contributed by atoms with Gasteiger partial charge in [0, 0.05) is 27.5 Å². The number of carbonyl (C=O) groups is 2. The van der Waals surface area contributed by atoms with Gasteiger partial charge in [-0.3, -0.25) is 9.59 Å². The number of para-hydroxylation sites is 1. The van der Waals surface area contributed by atoms with Crippen molar-refractivity contribution in [2.75, 3.05) is 11.1 Å². The summed E-state index contributed by atoms with van der Waals surface area (Å²) in [6.45, 7) is 0. The molecule has 2 aromatic carbocycles. The van der Waals surface area contributed by atoms with E-state index in [9.17, 15) is 9.59 Å². The average Bonchev–Trinajstić information content (AvgIpc) is 2.41. The maximum atomic E-state index is 11.6. The van der Waals surface area contributed by atoms with Crippen molar-refractivity contribution in [3.05, 3.63) is 47.5 Å². The van der Waals surface area contributed by atoms with Gasteiger partial charge < -0.3 is 16.2 Å². The van der Waals surface area contributed by atoms with E-state index in [1.165, 1.54) is 0 Å². The van der Waals surface area contributed by atoms with Crippen molar-refractivity contribution in [3.63, 3.8) is 0 Å². The highest BCUT2D eigenvalue weighted by molar-refractivity contribution is 6.31. The first-order chi connectivity index (χ1) is 9.97. The van der Waals surface area contributed by atoms with E-state index in [1.54, 1.807) is 42.5 Å². The van der Waals surface area contributed by atoms with Crippen molar-refractivity contribution in [1.29, 1.82) is 0 Å². The minimum atomic E-state index is -1.19. The Morgan fingerprint density at radius 2 is 1.86 bits per heavy atom. The molecule has 2 rings (SSSR count). The van der Waals surface area contributed by atoms with Gasteiger partial charge in [0.2, 0.25) is 5.91 Å². The Morgan fingerprint density at radius 3 is 2.57 bits per heavy atom. The highest BCUT2D eigenvalue weighted by Gasteiger charge is 2.13. The summed E-state index contributed by atoms with van der Waals surface area (Å²) in [6.07, 6.45) is -0.598. The number of hydrogen-bond donors (Lipinski definition) is 3. The maximum absolute atomic E-state index is 11.6. The summed E-state index contributed by atoms with van der Waals surface area (Å²) in [4.78, 5) is 22.2. The molecule has 0 aliphatic heterocycles. The molecule has 4 N–H and O–H groups in total. The molecule has 0 aromatic heterocycles. The molecule has 1 amide bonds. The second-order valence-electron chi connectivity index (χ2n) is 4.40. The number of aliphatic carboxylic acids is 1. The summed E-state index contributed by atoms with van der Waals surface area (Å²) >= 11 is 5.97. The molecule has 108 valence electrons. The minimum absolute atomic E-state index is 0.484. The number of carboxylic acid groups (broad SMARTS) is 1. The van der Waals surface area contributed by atoms with Crippen LogP contribution >= 0.6 is 11.6 Å². The molecule has 0 spiro atoms. The molecule has 0 unspecified atom stereocenters. The van der Waals surface area contributed by atoms with Gasteiger partial charge in [0.1, 0.15) is 6.42 Å². The zero-order valence-electron chi connectivity index (χ0n) is 11.0. The van der Waals surface area contributed by atoms with Crippen LogP contribution in [0.3, 0.4) is 0 Å². The first-order valence-electron chi connectivity index (χ1n) is 6.13. The molecule has 21 heavy (non-hydrogen) atoms. The van der Waals surface area contributed by atoms with Gasteiger partial charge in [-0.15, -0.1) is 0 Å². The first kappa shape index (κ1) is 14.9. The van der Waals surface area contributed by atoms with Crippen LogP contribution in [0, 0.1) is 0 Å². The smallest absolute Gasteiger partial charge is 0.312 e. The third-order valence-electron chi connectivity index (χ3n) is 2.82. The van der Waals surface area contributed by atoms with Crippen LogP contribution in [0.25, 0.3) is 11.1 Å². The fourth-order valence-corrected chi connectivity index (χ4v) is 2.09. The topological polar surface area (TPSA) is 92.4 Å². The first-order valence-corrected chi connectivity index (χ1v) is 6.51. The number of nitrogen functional groups attached to an aromatic ring is 1. The van der Waals surface area contributed by atoms with E-state index in [-0.39, 0.29) is 0 Å². The van der Waals surface area contributed by atoms with Crippen molar-refractivity contribution in [2.45, 2.75) is 6.42 Å². The molecule has 0 atom stereocenters. The molecule has 0 saturated carbocycles. The van der Waals surface area contributed by atoms with Gasteiger partial charge in [0.15, 0.2) is 0 Å². The van der Waals surface area contributed by atoms with Crippen molar-refractivity contribution < 1.29 is 14.7 Å². The van der Waals surface area contributed by atoms with Crippen LogP contribution in [0.15, 0.2) is 42.5 Å². The van der Waals surface area contributed by atoms with E-state index >= 15 is 0 Å². The maximum Gasteiger partial charge on any atom is 0.312 e. The third kappa shape index (κ3) is 3.73. The van der Waals surface area contributed by atoms with E-state index in [0.29, 0.717) is 27.5 Å². The standard InChI is InChI=1S/C15H13ClN2O3/c16-9-5-6-12(17)11(7-9)10-3-1-2-4-13(10)18-14(19)8-15(20)21/h1-7H,8,17H2,(H,18,19)(H,20,21). The third-order valence-corrected chi connectivity index (χ3v) is 3.05. The van der Waals surface area contributed by atoms with Gasteiger partial charge in [-0.1, -0.05) is 29.8 Å². The molecular weight excluding hydrogens is 292 g/mol. The molecule has 0 saturated heterocycles. The van der Waals surface area contributed by atoms with Crippen LogP contribution in [0.4, 0.5) is 11.4 Å². The van der Waals surface area contributed by atoms with E-state index in [0.717, 1.165) is 0 Å². The highest BCUT2D eigenvalue weighted by Crippen LogP contribution is 2.34. The highest BCUT2D eigenvalue weighted by atomic mass is 35.5. The summed E-state index contributed by atoms with van der Waals surface area (Å²) in [5.41, 5.74) is 8.29. The van der Waals surface area contributed by atoms with Gasteiger partial charge >= 0.3 is 5.97 Å². The predicted octanol–water partition coefficient (Wildman–Crippen LogP) is 3.00. The lowest BCUT2D eigenvalue weighted by molar-refractivity contribution is -0.139. The molecule has 0 radical (unpaired) electrons. The van der Waals surface area contributed by atoms with Crippen LogP contribution in [0.2, 0.25) is 5.02 Å². The Balaban J connectivity index is 2.39. The summed E-state index contributed by atoms with van der Waals surface area (Å²) in [7, 11) is 0. The Hall–Kier alpha value is -2.53. The molecule has 0 fully saturated rings. The number of hydrogen-bond acceptors (Lipinski definition) is 3. The number of anilines is 2. The monoisotopic (exact) mass is 304 g/mol. The lowest BCUT2D eigenvalue weighted by Gasteiger charge is -2.13. The van der Waals surface area contributed by atoms with Crippen molar-refractivity contribution in [1.82, 2.24) is 0 Å². The van der Waals surface area contributed by atoms with Crippen LogP contribution in [0.1, 0.15) is 6.42 Å². The number of rotatable bonds is 4. The van der Waals surface area contributed by atoms with E-state index < -0.39 is 18.3 Å². The number of nitrogens with two attached hydrogens (primary N) is 1. The van der Waals surface area contributed by atoms with Crippen molar-refractivity contribution in [3.8, 4) is 11.1 Å². The number of benzene rings is 2. The summed E-state index contributed by atoms with van der Waals surface area (Å²) < 4.78 is 0. The Kier molecular flexibility index (Phi) is 4.45. The second kappa shape index (κ2) is 6.28. The van der Waals surface area contributed by atoms with E-state index in [2.05, 4.69) is 5.32 Å². The van der Waals surface area contributed by atoms with Crippen molar-refractivity contribution >= 4 is 34.9 Å². The zero-order valence-corrected chi connectivity index (χ0v) is 11.7. The van der Waals surface area contributed by atoms with Gasteiger partial charge in [0.05, 0.1) is 0 Å². The second-order valence-corrected chi connectivity index (χ2v) is 4.83. The number of amides is 1. The average molecular weight is 305 g/mol. The fraction of sp³-hybridized carbons (Fsp3) is 0.0667. The molecule has 6 heteroatoms. The number of carbonyl (C=O) groups excluding carboxylic acids is 1. The predicted molar refractivity (Wildman–Crippen MR) is 82.2 cm³/mol. The van der Waals surface area contributed by atoms with Gasteiger partial charge in [0.25, 0.3) is 0 Å². The molecular formula is C15H13ClN2O3. The molecule has 0 heterocycles. The largest absolute Gasteiger partial charge is 0.481 e. The molecule has 5 nitrogen and oxygen atoms in total. The number of halogens is 1. The summed E-state index contributed by atoms with van der Waals surface area (Å²) in [6, 6.07) is 12.0. The van der Waals surface area contributed by atoms with Crippen LogP contribution in [0.5, 0.6) is 0 Å².